The number of benzene rings is 3. The molecule has 0 radical (unpaired) electrons. The van der Waals surface area contributed by atoms with Crippen LogP contribution in [0.5, 0.6) is 5.75 Å². The van der Waals surface area contributed by atoms with E-state index >= 15 is 0 Å². The molecule has 0 aliphatic rings. The molecule has 1 atom stereocenters. The number of thiophene rings is 1. The summed E-state index contributed by atoms with van der Waals surface area (Å²) in [7, 11) is 0. The van der Waals surface area contributed by atoms with Crippen molar-refractivity contribution in [2.45, 2.75) is 12.5 Å². The van der Waals surface area contributed by atoms with Crippen molar-refractivity contribution in [1.82, 2.24) is 0 Å². The molecule has 29 heavy (non-hydrogen) atoms. The lowest BCUT2D eigenvalue weighted by molar-refractivity contribution is -0.144. The lowest BCUT2D eigenvalue weighted by Gasteiger charge is -2.13. The fraction of sp³-hybridized carbons (Fsp3) is 0.0800. The lowest BCUT2D eigenvalue weighted by atomic mass is 10.1. The van der Waals surface area contributed by atoms with Crippen LogP contribution >= 0.6 is 11.3 Å². The first-order valence-electron chi connectivity index (χ1n) is 9.39. The van der Waals surface area contributed by atoms with Crippen molar-refractivity contribution < 1.29 is 14.6 Å². The fourth-order valence-electron chi connectivity index (χ4n) is 3.08. The Bertz CT molecular complexity index is 1090. The van der Waals surface area contributed by atoms with E-state index in [1.165, 1.54) is 15.0 Å². The Labute approximate surface area is 173 Å². The van der Waals surface area contributed by atoms with Gasteiger partial charge in [0.25, 0.3) is 0 Å². The van der Waals surface area contributed by atoms with E-state index in [1.54, 1.807) is 11.3 Å². The molecule has 0 bridgehead atoms. The first kappa shape index (κ1) is 19.0. The van der Waals surface area contributed by atoms with Gasteiger partial charge < -0.3 is 9.84 Å². The molecule has 1 aromatic heterocycles. The van der Waals surface area contributed by atoms with E-state index in [-0.39, 0.29) is 0 Å². The van der Waals surface area contributed by atoms with Gasteiger partial charge in [0.1, 0.15) is 5.75 Å². The summed E-state index contributed by atoms with van der Waals surface area (Å²) in [6.45, 7) is 0. The molecule has 4 aromatic rings. The van der Waals surface area contributed by atoms with Crippen molar-refractivity contribution in [1.29, 1.82) is 0 Å². The maximum absolute atomic E-state index is 11.6. The number of carboxylic acids is 1. The molecule has 0 unspecified atom stereocenters. The Morgan fingerprint density at radius 2 is 1.69 bits per heavy atom. The van der Waals surface area contributed by atoms with Gasteiger partial charge in [-0.2, -0.15) is 0 Å². The average molecular weight is 400 g/mol. The second kappa shape index (κ2) is 8.76. The molecule has 3 aromatic carbocycles. The number of carbonyl (C=O) groups is 1. The SMILES string of the molecule is O=C(O)[C@H](CC=Cc1ccccc1)Oc1ccc(-c2cc3ccccc3s2)cc1. The van der Waals surface area contributed by atoms with Gasteiger partial charge in [-0.25, -0.2) is 4.79 Å². The summed E-state index contributed by atoms with van der Waals surface area (Å²) >= 11 is 1.74. The maximum atomic E-state index is 11.6. The molecule has 144 valence electrons. The molecular formula is C25H20O3S. The van der Waals surface area contributed by atoms with Gasteiger partial charge in [0.2, 0.25) is 0 Å². The molecule has 1 N–H and O–H groups in total. The second-order valence-corrected chi connectivity index (χ2v) is 7.75. The van der Waals surface area contributed by atoms with E-state index in [4.69, 9.17) is 4.74 Å². The van der Waals surface area contributed by atoms with Crippen LogP contribution in [0.3, 0.4) is 0 Å². The number of aliphatic carboxylic acids is 1. The van der Waals surface area contributed by atoms with E-state index in [9.17, 15) is 9.90 Å². The number of ether oxygens (including phenoxy) is 1. The summed E-state index contributed by atoms with van der Waals surface area (Å²) in [5.41, 5.74) is 2.12. The third kappa shape index (κ3) is 4.73. The van der Waals surface area contributed by atoms with Gasteiger partial charge >= 0.3 is 5.97 Å². The van der Waals surface area contributed by atoms with Crippen LogP contribution in [-0.4, -0.2) is 17.2 Å². The largest absolute Gasteiger partial charge is 0.478 e. The zero-order chi connectivity index (χ0) is 20.1. The Kier molecular flexibility index (Phi) is 5.73. The number of carboxylic acid groups (broad SMARTS) is 1. The predicted molar refractivity (Wildman–Crippen MR) is 119 cm³/mol. The van der Waals surface area contributed by atoms with Gasteiger partial charge in [-0.3, -0.25) is 0 Å². The zero-order valence-corrected chi connectivity index (χ0v) is 16.5. The lowest BCUT2D eigenvalue weighted by Crippen LogP contribution is -2.26. The van der Waals surface area contributed by atoms with Crippen molar-refractivity contribution >= 4 is 33.5 Å². The van der Waals surface area contributed by atoms with Crippen LogP contribution in [0.1, 0.15) is 12.0 Å². The molecule has 0 saturated heterocycles. The topological polar surface area (TPSA) is 46.5 Å². The van der Waals surface area contributed by atoms with E-state index < -0.39 is 12.1 Å². The average Bonchev–Trinajstić information content (AvgIpc) is 3.18. The quantitative estimate of drug-likeness (QED) is 0.385. The molecule has 0 saturated carbocycles. The van der Waals surface area contributed by atoms with E-state index in [2.05, 4.69) is 18.2 Å². The summed E-state index contributed by atoms with van der Waals surface area (Å²) in [6, 6.07) is 27.9. The highest BCUT2D eigenvalue weighted by Crippen LogP contribution is 2.34. The second-order valence-electron chi connectivity index (χ2n) is 6.67. The maximum Gasteiger partial charge on any atom is 0.345 e. The molecule has 3 nitrogen and oxygen atoms in total. The van der Waals surface area contributed by atoms with Crippen LogP contribution in [0, 0.1) is 0 Å². The van der Waals surface area contributed by atoms with Crippen molar-refractivity contribution in [3.05, 3.63) is 96.6 Å². The minimum Gasteiger partial charge on any atom is -0.478 e. The van der Waals surface area contributed by atoms with Gasteiger partial charge in [0.15, 0.2) is 6.10 Å². The molecule has 1 heterocycles. The Morgan fingerprint density at radius 1 is 0.966 bits per heavy atom. The number of hydrogen-bond acceptors (Lipinski definition) is 3. The minimum absolute atomic E-state index is 0.294. The standard InChI is InChI=1S/C25H20O3S/c26-25(27)22(11-6-9-18-7-2-1-3-8-18)28-21-15-13-19(14-16-21)24-17-20-10-4-5-12-23(20)29-24/h1-10,12-17,22H,11H2,(H,26,27)/t22-/m0/s1. The van der Waals surface area contributed by atoms with Crippen molar-refractivity contribution in [3.8, 4) is 16.2 Å². The fourth-order valence-corrected chi connectivity index (χ4v) is 4.15. The van der Waals surface area contributed by atoms with E-state index in [1.807, 2.05) is 78.9 Å². The van der Waals surface area contributed by atoms with Gasteiger partial charge in [0, 0.05) is 16.0 Å². The molecule has 0 spiro atoms. The molecule has 0 fully saturated rings. The monoisotopic (exact) mass is 400 g/mol. The van der Waals surface area contributed by atoms with Crippen LogP contribution in [0.25, 0.3) is 26.6 Å². The van der Waals surface area contributed by atoms with Crippen LogP contribution in [0.2, 0.25) is 0 Å². The highest BCUT2D eigenvalue weighted by Gasteiger charge is 2.18. The molecule has 4 rings (SSSR count). The van der Waals surface area contributed by atoms with Crippen molar-refractivity contribution in [2.24, 2.45) is 0 Å². The summed E-state index contributed by atoms with van der Waals surface area (Å²) in [5, 5.41) is 10.7. The summed E-state index contributed by atoms with van der Waals surface area (Å²) in [6.07, 6.45) is 3.11. The van der Waals surface area contributed by atoms with Gasteiger partial charge in [-0.1, -0.05) is 60.7 Å². The van der Waals surface area contributed by atoms with Crippen molar-refractivity contribution in [3.63, 3.8) is 0 Å². The zero-order valence-electron chi connectivity index (χ0n) is 15.7. The first-order valence-corrected chi connectivity index (χ1v) is 10.2. The Morgan fingerprint density at radius 3 is 2.41 bits per heavy atom. The van der Waals surface area contributed by atoms with Gasteiger partial charge in [-0.15, -0.1) is 11.3 Å². The van der Waals surface area contributed by atoms with Gasteiger partial charge in [0.05, 0.1) is 0 Å². The number of rotatable bonds is 7. The minimum atomic E-state index is -0.976. The molecule has 0 aliphatic carbocycles. The number of hydrogen-bond donors (Lipinski definition) is 1. The highest BCUT2D eigenvalue weighted by molar-refractivity contribution is 7.22. The predicted octanol–water partition coefficient (Wildman–Crippen LogP) is 6.50. The highest BCUT2D eigenvalue weighted by atomic mass is 32.1. The normalized spacial score (nSPS) is 12.3. The van der Waals surface area contributed by atoms with Crippen LogP contribution < -0.4 is 4.74 Å². The van der Waals surface area contributed by atoms with Gasteiger partial charge in [-0.05, 0) is 52.9 Å². The van der Waals surface area contributed by atoms with Crippen LogP contribution in [-0.2, 0) is 4.79 Å². The molecule has 0 aliphatic heterocycles. The van der Waals surface area contributed by atoms with E-state index in [0.29, 0.717) is 12.2 Å². The molecule has 4 heteroatoms. The van der Waals surface area contributed by atoms with Crippen molar-refractivity contribution in [2.75, 3.05) is 0 Å². The summed E-state index contributed by atoms with van der Waals surface area (Å²) in [5.74, 6) is -0.424. The summed E-state index contributed by atoms with van der Waals surface area (Å²) in [4.78, 5) is 12.8. The number of fused-ring (bicyclic) bond motifs is 1. The smallest absolute Gasteiger partial charge is 0.345 e. The first-order chi connectivity index (χ1) is 14.2. The molecule has 0 amide bonds. The summed E-state index contributed by atoms with van der Waals surface area (Å²) < 4.78 is 6.97. The Balaban J connectivity index is 1.44. The Hall–Kier alpha value is -3.37. The van der Waals surface area contributed by atoms with E-state index in [0.717, 1.165) is 11.1 Å². The molecular weight excluding hydrogens is 380 g/mol. The third-order valence-corrected chi connectivity index (χ3v) is 5.74. The van der Waals surface area contributed by atoms with Crippen LogP contribution in [0.15, 0.2) is 91.0 Å². The third-order valence-electron chi connectivity index (χ3n) is 4.58. The van der Waals surface area contributed by atoms with Crippen LogP contribution in [0.4, 0.5) is 0 Å².